The number of aromatic amines is 1. The minimum Gasteiger partial charge on any atom is -0.481 e. The van der Waals surface area contributed by atoms with Gasteiger partial charge in [-0.2, -0.15) is 0 Å². The van der Waals surface area contributed by atoms with Crippen molar-refractivity contribution in [2.24, 2.45) is 22.2 Å². The Kier molecular flexibility index (Phi) is 43.4. The van der Waals surface area contributed by atoms with E-state index in [4.69, 9.17) is 26.7 Å². The van der Waals surface area contributed by atoms with Gasteiger partial charge in [0.15, 0.2) is 5.96 Å². The normalized spacial score (nSPS) is 19.6. The number of rotatable bonds is 45. The molecule has 33 nitrogen and oxygen atoms in total. The van der Waals surface area contributed by atoms with Crippen molar-refractivity contribution >= 4 is 93.7 Å². The van der Waals surface area contributed by atoms with Gasteiger partial charge in [-0.05, 0) is 75.0 Å². The summed E-state index contributed by atoms with van der Waals surface area (Å²) < 4.78 is 11.1. The Bertz CT molecular complexity index is 3470. The number of para-hydroxylation sites is 1. The second-order valence-corrected chi connectivity index (χ2v) is 28.6. The zero-order chi connectivity index (χ0) is 80.7. The van der Waals surface area contributed by atoms with Crippen LogP contribution in [-0.2, 0) is 84.6 Å². The summed E-state index contributed by atoms with van der Waals surface area (Å²) in [4.78, 5) is 187. The summed E-state index contributed by atoms with van der Waals surface area (Å²) in [5, 5.41) is 48.1. The Morgan fingerprint density at radius 2 is 1.23 bits per heavy atom. The van der Waals surface area contributed by atoms with Crippen molar-refractivity contribution in [3.63, 3.8) is 0 Å². The number of benzene rings is 2. The quantitative estimate of drug-likeness (QED) is 0.0219. The third-order valence-electron chi connectivity index (χ3n) is 19.4. The number of nitrogens with zero attached hydrogens (tertiary/aromatic N) is 2. The van der Waals surface area contributed by atoms with Gasteiger partial charge in [0.1, 0.15) is 54.9 Å². The van der Waals surface area contributed by atoms with Crippen molar-refractivity contribution in [2.45, 2.75) is 261 Å². The summed E-state index contributed by atoms with van der Waals surface area (Å²) in [6, 6.07) is 4.92. The monoisotopic (exact) mass is 1550 g/mol. The molecule has 0 aliphatic carbocycles. The van der Waals surface area contributed by atoms with Gasteiger partial charge in [0.05, 0.1) is 32.5 Å². The fourth-order valence-electron chi connectivity index (χ4n) is 13.2. The fourth-order valence-corrected chi connectivity index (χ4v) is 13.2. The smallest absolute Gasteiger partial charge is 0.303 e. The molecule has 0 radical (unpaired) electrons. The number of aliphatic hydroxyl groups is 1. The second-order valence-electron chi connectivity index (χ2n) is 28.6. The van der Waals surface area contributed by atoms with Crippen molar-refractivity contribution < 1.29 is 82.0 Å². The van der Waals surface area contributed by atoms with Gasteiger partial charge in [0.25, 0.3) is 0 Å². The molecule has 9 atom stereocenters. The van der Waals surface area contributed by atoms with Crippen molar-refractivity contribution in [1.29, 1.82) is 0 Å². The molecule has 111 heavy (non-hydrogen) atoms. The first-order valence-corrected chi connectivity index (χ1v) is 39.7. The van der Waals surface area contributed by atoms with Gasteiger partial charge in [0.2, 0.25) is 70.9 Å². The van der Waals surface area contributed by atoms with Crippen LogP contribution in [0.25, 0.3) is 10.9 Å². The summed E-state index contributed by atoms with van der Waals surface area (Å²) in [7, 11) is 0. The predicted molar refractivity (Wildman–Crippen MR) is 416 cm³/mol. The van der Waals surface area contributed by atoms with Gasteiger partial charge in [-0.25, -0.2) is 0 Å². The van der Waals surface area contributed by atoms with Crippen molar-refractivity contribution in [3.8, 4) is 0 Å². The molecule has 2 aromatic carbocycles. The topological polar surface area (TPSA) is 511 Å². The molecule has 2 aliphatic heterocycles. The maximum atomic E-state index is 15.0. The molecule has 0 saturated carbocycles. The maximum absolute atomic E-state index is 15.0. The summed E-state index contributed by atoms with van der Waals surface area (Å²) in [6.45, 7) is 2.53. The van der Waals surface area contributed by atoms with Gasteiger partial charge in [-0.15, -0.1) is 0 Å². The number of carboxylic acids is 1. The van der Waals surface area contributed by atoms with Crippen LogP contribution in [0.1, 0.15) is 205 Å². The summed E-state index contributed by atoms with van der Waals surface area (Å²) >= 11 is 0. The highest BCUT2D eigenvalue weighted by Gasteiger charge is 2.44. The molecule has 2 aliphatic rings. The van der Waals surface area contributed by atoms with Crippen LogP contribution in [0.2, 0.25) is 0 Å². The number of aromatic nitrogens is 1. The summed E-state index contributed by atoms with van der Waals surface area (Å²) in [5.41, 5.74) is 19.0. The van der Waals surface area contributed by atoms with Crippen LogP contribution in [0.15, 0.2) is 65.8 Å². The number of amides is 12. The highest BCUT2D eigenvalue weighted by atomic mass is 16.5. The highest BCUT2D eigenvalue weighted by molar-refractivity contribution is 5.99. The number of fused-ring (bicyclic) bond motifs is 2. The fraction of sp³-hybridized carbons (Fsp3) is 0.641. The molecule has 1 unspecified atom stereocenters. The number of hydrogen-bond acceptors (Lipinski definition) is 17. The number of H-pyrrole nitrogens is 1. The standard InChI is InChI=1S/C78H122N16O17/c1-3-5-7-8-9-10-11-12-13-14-15-16-17-21-34-65(96)86-49-67(98)87-60(36-38-69(100)101)71(103)83-41-42-110-43-44-111-51-68(99)88-58(30-6-4-2)72(104)91-61-35-37-66(97)82-39-25-24-32-57(70(79)102)89-75(107)63(46-53-48-85-56-31-23-22-29-55(53)56)92-73(105)59(33-26-40-84-78(80)81)90-74(106)62(45-52-27-19-18-20-28-52)93-76(108)64-47-54(95)50-94(64)77(61)109/h18-20,22-23,27-29,31,48,54,57-64,85,95H,3-17,21,24-26,30,32-47,49-51H2,1-2H3,(H2,79,102)(H,82,97)(H,83,103)(H,86,96)(H,87,98)(H,88,99)(H,89,107)(H,90,106)(H,91,104)(H,92,105)(H,93,108)(H,100,101)(H4,80,81,84)/t54-,57+,58+,59+,60+,61+,62?,63+,64+/m1/s1. The number of nitrogens with one attached hydrogen (secondary N) is 11. The molecule has 5 rings (SSSR count). The molecule has 3 aromatic rings. The number of guanidine groups is 1. The van der Waals surface area contributed by atoms with Gasteiger partial charge in [-0.1, -0.05) is 159 Å². The minimum absolute atomic E-state index is 0.0181. The Balaban J connectivity index is 1.21. The number of aliphatic imine (C=N–C) groups is 1. The average molecular weight is 1560 g/mol. The summed E-state index contributed by atoms with van der Waals surface area (Å²) in [5.74, 6) is -10.3. The zero-order valence-corrected chi connectivity index (χ0v) is 64.7. The number of aliphatic carboxylic acids is 1. The Morgan fingerprint density at radius 3 is 1.92 bits per heavy atom. The molecule has 616 valence electrons. The molecule has 0 bridgehead atoms. The SMILES string of the molecule is CCCCCCCCCCCCCCCCC(=O)NCC(=O)N[C@@H](CCC(=O)O)C(=O)NCCOCCOCC(=O)N[C@@H](CCCC)C(=O)N[C@H]1CCC(=O)NCCCC[C@@H](C(N)=O)NC(=O)[C@H](Cc2c[nH]c3ccccc23)NC(=O)[C@H](CCCN=C(N)N)NC(=O)C(Cc2ccccc2)NC(=O)[C@@H]2C[C@@H](O)CN2C1=O. The maximum Gasteiger partial charge on any atom is 0.303 e. The first-order chi connectivity index (χ1) is 53.5. The lowest BCUT2D eigenvalue weighted by Gasteiger charge is -2.31. The van der Waals surface area contributed by atoms with E-state index >= 15 is 4.79 Å². The Labute approximate surface area is 650 Å². The van der Waals surface area contributed by atoms with Crippen LogP contribution in [0.4, 0.5) is 0 Å². The predicted octanol–water partition coefficient (Wildman–Crippen LogP) is 2.12. The average Bonchev–Trinajstić information content (AvgIpc) is 1.70. The van der Waals surface area contributed by atoms with E-state index in [2.05, 4.69) is 70.1 Å². The lowest BCUT2D eigenvalue weighted by atomic mass is 10.0. The molecular weight excluding hydrogens is 1430 g/mol. The van der Waals surface area contributed by atoms with E-state index in [0.717, 1.165) is 35.1 Å². The minimum atomic E-state index is -1.54. The second kappa shape index (κ2) is 52.4. The first kappa shape index (κ1) is 91.8. The van der Waals surface area contributed by atoms with Gasteiger partial charge in [-0.3, -0.25) is 67.3 Å². The molecule has 0 spiro atoms. The Morgan fingerprint density at radius 1 is 0.622 bits per heavy atom. The molecule has 12 amide bonds. The number of carbonyl (C=O) groups excluding carboxylic acids is 12. The number of unbranched alkanes of at least 4 members (excludes halogenated alkanes) is 14. The van der Waals surface area contributed by atoms with Gasteiger partial charge < -0.3 is 99.9 Å². The van der Waals surface area contributed by atoms with Crippen LogP contribution in [0, 0.1) is 0 Å². The van der Waals surface area contributed by atoms with Gasteiger partial charge in [0, 0.05) is 81.8 Å². The largest absolute Gasteiger partial charge is 0.481 e. The number of primary amides is 1. The van der Waals surface area contributed by atoms with Crippen molar-refractivity contribution in [1.82, 2.24) is 63.1 Å². The van der Waals surface area contributed by atoms with Crippen molar-refractivity contribution in [2.75, 3.05) is 59.2 Å². The molecule has 19 N–H and O–H groups in total. The van der Waals surface area contributed by atoms with E-state index in [9.17, 15) is 67.7 Å². The molecular formula is C78H122N16O17. The molecule has 3 heterocycles. The zero-order valence-electron chi connectivity index (χ0n) is 64.7. The molecule has 33 heteroatoms. The van der Waals surface area contributed by atoms with E-state index in [1.54, 1.807) is 42.6 Å². The van der Waals surface area contributed by atoms with E-state index in [-0.39, 0.29) is 135 Å². The molecule has 2 fully saturated rings. The van der Waals surface area contributed by atoms with Crippen LogP contribution in [0.3, 0.4) is 0 Å². The first-order valence-electron chi connectivity index (χ1n) is 39.7. The Hall–Kier alpha value is -9.76. The van der Waals surface area contributed by atoms with Crippen LogP contribution < -0.4 is 70.4 Å². The summed E-state index contributed by atoms with van der Waals surface area (Å²) in [6.07, 6.45) is 16.9. The van der Waals surface area contributed by atoms with Crippen LogP contribution in [-0.4, -0.2) is 217 Å². The van der Waals surface area contributed by atoms with Crippen molar-refractivity contribution in [3.05, 3.63) is 71.9 Å². The van der Waals surface area contributed by atoms with Crippen LogP contribution in [0.5, 0.6) is 0 Å². The van der Waals surface area contributed by atoms with E-state index in [1.165, 1.54) is 64.2 Å². The van der Waals surface area contributed by atoms with Gasteiger partial charge >= 0.3 is 5.97 Å². The lowest BCUT2D eigenvalue weighted by molar-refractivity contribution is -0.143. The third-order valence-corrected chi connectivity index (χ3v) is 19.4. The van der Waals surface area contributed by atoms with E-state index in [1.807, 2.05) is 25.1 Å². The van der Waals surface area contributed by atoms with E-state index < -0.39 is 152 Å². The number of carboxylic acid groups (broad SMARTS) is 1. The number of hydrogen-bond donors (Lipinski definition) is 16. The lowest BCUT2D eigenvalue weighted by Crippen LogP contribution is -2.60. The van der Waals surface area contributed by atoms with Crippen LogP contribution >= 0.6 is 0 Å². The number of nitrogens with two attached hydrogens (primary N) is 3. The molecule has 1 aromatic heterocycles. The highest BCUT2D eigenvalue weighted by Crippen LogP contribution is 2.24. The number of aliphatic hydroxyl groups excluding tert-OH is 1. The third kappa shape index (κ3) is 36.3. The van der Waals surface area contributed by atoms with E-state index in [0.29, 0.717) is 30.4 Å². The number of ether oxygens (including phenoxy) is 2. The molecule has 2 saturated heterocycles. The number of carbonyl (C=O) groups is 13.